The third-order valence-electron chi connectivity index (χ3n) is 4.74. The van der Waals surface area contributed by atoms with Crippen molar-refractivity contribution in [2.24, 2.45) is 0 Å². The van der Waals surface area contributed by atoms with Crippen molar-refractivity contribution in [3.8, 4) is 16.9 Å². The lowest BCUT2D eigenvalue weighted by atomic mass is 10.0. The first-order valence-electron chi connectivity index (χ1n) is 8.44. The van der Waals surface area contributed by atoms with Crippen LogP contribution in [0.1, 0.15) is 23.0 Å². The molecular weight excluding hydrogens is 348 g/mol. The second-order valence-electron chi connectivity index (χ2n) is 6.36. The smallest absolute Gasteiger partial charge is 0.151 e. The number of hydrogen-bond acceptors (Lipinski definition) is 4. The number of aliphatic hydroxyl groups is 1. The molecule has 1 atom stereocenters. The number of halogens is 1. The van der Waals surface area contributed by atoms with Gasteiger partial charge in [-0.15, -0.1) is 0 Å². The largest absolute Gasteiger partial charge is 0.497 e. The fourth-order valence-corrected chi connectivity index (χ4v) is 3.54. The van der Waals surface area contributed by atoms with E-state index >= 15 is 0 Å². The molecule has 2 aromatic carbocycles. The van der Waals surface area contributed by atoms with Gasteiger partial charge in [-0.2, -0.15) is 0 Å². The van der Waals surface area contributed by atoms with Crippen LogP contribution in [0.4, 0.5) is 0 Å². The van der Waals surface area contributed by atoms with Crippen LogP contribution in [0.5, 0.6) is 5.75 Å². The quantitative estimate of drug-likeness (QED) is 0.742. The minimum Gasteiger partial charge on any atom is -0.497 e. The summed E-state index contributed by atoms with van der Waals surface area (Å²) in [5.74, 6) is 0.827. The number of methoxy groups -OCH3 is 1. The third kappa shape index (κ3) is 3.19. The Balaban J connectivity index is 1.53. The first kappa shape index (κ1) is 17.0. The monoisotopic (exact) mass is 366 g/mol. The van der Waals surface area contributed by atoms with Gasteiger partial charge in [-0.1, -0.05) is 41.9 Å². The zero-order valence-corrected chi connectivity index (χ0v) is 15.1. The van der Waals surface area contributed by atoms with Crippen molar-refractivity contribution < 1.29 is 9.84 Å². The lowest BCUT2D eigenvalue weighted by molar-refractivity contribution is 0.00520. The first-order chi connectivity index (χ1) is 12.7. The Bertz CT molecular complexity index is 928. The maximum atomic E-state index is 10.5. The summed E-state index contributed by atoms with van der Waals surface area (Å²) in [6, 6.07) is 17.8. The van der Waals surface area contributed by atoms with Gasteiger partial charge in [0.25, 0.3) is 0 Å². The van der Waals surface area contributed by atoms with E-state index in [4.69, 9.17) is 16.3 Å². The Labute approximate surface area is 157 Å². The van der Waals surface area contributed by atoms with E-state index in [1.807, 2.05) is 53.4 Å². The molecule has 5 heteroatoms. The highest BCUT2D eigenvalue weighted by atomic mass is 35.5. The SMILES string of the molecule is COc1ccc(-c2ccc(CN3Cc4cccnc4C3O)c(Cl)c2)cc1. The molecule has 0 saturated heterocycles. The van der Waals surface area contributed by atoms with Crippen molar-refractivity contribution in [2.75, 3.05) is 7.11 Å². The van der Waals surface area contributed by atoms with Crippen LogP contribution in [-0.4, -0.2) is 22.1 Å². The normalized spacial score (nSPS) is 16.5. The highest BCUT2D eigenvalue weighted by Gasteiger charge is 2.29. The molecule has 1 N–H and O–H groups in total. The second kappa shape index (κ2) is 7.08. The molecule has 1 aliphatic heterocycles. The Morgan fingerprint density at radius 2 is 1.92 bits per heavy atom. The summed E-state index contributed by atoms with van der Waals surface area (Å²) in [5.41, 5.74) is 4.91. The van der Waals surface area contributed by atoms with Gasteiger partial charge in [0, 0.05) is 24.3 Å². The molecule has 3 aromatic rings. The summed E-state index contributed by atoms with van der Waals surface area (Å²) in [6.07, 6.45) is 1.02. The Morgan fingerprint density at radius 1 is 1.15 bits per heavy atom. The number of rotatable bonds is 4. The molecule has 0 radical (unpaired) electrons. The van der Waals surface area contributed by atoms with Crippen LogP contribution in [0.2, 0.25) is 5.02 Å². The van der Waals surface area contributed by atoms with Crippen LogP contribution in [0.15, 0.2) is 60.8 Å². The van der Waals surface area contributed by atoms with Crippen molar-refractivity contribution >= 4 is 11.6 Å². The highest BCUT2D eigenvalue weighted by molar-refractivity contribution is 6.31. The maximum Gasteiger partial charge on any atom is 0.151 e. The molecule has 4 nitrogen and oxygen atoms in total. The molecular formula is C21H19ClN2O2. The Kier molecular flexibility index (Phi) is 4.64. The number of nitrogens with zero attached hydrogens (tertiary/aromatic N) is 2. The molecule has 2 heterocycles. The molecule has 0 spiro atoms. The molecule has 1 aliphatic rings. The minimum atomic E-state index is -0.691. The average Bonchev–Trinajstić information content (AvgIpc) is 2.99. The van der Waals surface area contributed by atoms with Gasteiger partial charge in [0.15, 0.2) is 6.23 Å². The number of ether oxygens (including phenoxy) is 1. The molecule has 26 heavy (non-hydrogen) atoms. The van der Waals surface area contributed by atoms with E-state index in [0.29, 0.717) is 18.1 Å². The van der Waals surface area contributed by atoms with E-state index in [9.17, 15) is 5.11 Å². The lowest BCUT2D eigenvalue weighted by Crippen LogP contribution is -2.21. The number of fused-ring (bicyclic) bond motifs is 1. The predicted molar refractivity (Wildman–Crippen MR) is 102 cm³/mol. The molecule has 4 rings (SSSR count). The summed E-state index contributed by atoms with van der Waals surface area (Å²) in [7, 11) is 1.65. The van der Waals surface area contributed by atoms with Gasteiger partial charge in [0.1, 0.15) is 5.75 Å². The van der Waals surface area contributed by atoms with Crippen LogP contribution in [0, 0.1) is 0 Å². The molecule has 132 valence electrons. The van der Waals surface area contributed by atoms with Gasteiger partial charge < -0.3 is 9.84 Å². The van der Waals surface area contributed by atoms with Crippen molar-refractivity contribution in [3.05, 3.63) is 82.6 Å². The Morgan fingerprint density at radius 3 is 2.62 bits per heavy atom. The zero-order valence-electron chi connectivity index (χ0n) is 14.4. The highest BCUT2D eigenvalue weighted by Crippen LogP contribution is 2.33. The van der Waals surface area contributed by atoms with Gasteiger partial charge in [-0.3, -0.25) is 9.88 Å². The van der Waals surface area contributed by atoms with Crippen LogP contribution in [0.3, 0.4) is 0 Å². The number of pyridine rings is 1. The van der Waals surface area contributed by atoms with Crippen molar-refractivity contribution in [1.82, 2.24) is 9.88 Å². The van der Waals surface area contributed by atoms with Crippen LogP contribution < -0.4 is 4.74 Å². The van der Waals surface area contributed by atoms with Crippen LogP contribution in [-0.2, 0) is 13.1 Å². The standard InChI is InChI=1S/C21H19ClN2O2/c1-26-18-8-6-14(7-9-18)15-4-5-16(19(22)11-15)12-24-13-17-3-2-10-23-20(17)21(24)25/h2-11,21,25H,12-13H2,1H3. The summed E-state index contributed by atoms with van der Waals surface area (Å²) in [4.78, 5) is 6.25. The van der Waals surface area contributed by atoms with Crippen LogP contribution in [0.25, 0.3) is 11.1 Å². The molecule has 1 unspecified atom stereocenters. The van der Waals surface area contributed by atoms with Crippen molar-refractivity contribution in [1.29, 1.82) is 0 Å². The average molecular weight is 367 g/mol. The zero-order chi connectivity index (χ0) is 18.1. The lowest BCUT2D eigenvalue weighted by Gasteiger charge is -2.20. The molecule has 1 aromatic heterocycles. The fourth-order valence-electron chi connectivity index (χ4n) is 3.29. The van der Waals surface area contributed by atoms with Gasteiger partial charge >= 0.3 is 0 Å². The Hall–Kier alpha value is -2.40. The first-order valence-corrected chi connectivity index (χ1v) is 8.82. The van der Waals surface area contributed by atoms with E-state index in [-0.39, 0.29) is 0 Å². The summed E-state index contributed by atoms with van der Waals surface area (Å²) >= 11 is 6.53. The van der Waals surface area contributed by atoms with Crippen LogP contribution >= 0.6 is 11.6 Å². The second-order valence-corrected chi connectivity index (χ2v) is 6.77. The predicted octanol–water partition coefficient (Wildman–Crippen LogP) is 4.42. The van der Waals surface area contributed by atoms with Gasteiger partial charge in [0.2, 0.25) is 0 Å². The minimum absolute atomic E-state index is 0.569. The van der Waals surface area contributed by atoms with E-state index in [1.165, 1.54) is 0 Å². The van der Waals surface area contributed by atoms with Gasteiger partial charge in [-0.05, 0) is 46.5 Å². The van der Waals surface area contributed by atoms with E-state index in [0.717, 1.165) is 33.7 Å². The topological polar surface area (TPSA) is 45.6 Å². The third-order valence-corrected chi connectivity index (χ3v) is 5.09. The van der Waals surface area contributed by atoms with Crippen molar-refractivity contribution in [3.63, 3.8) is 0 Å². The summed E-state index contributed by atoms with van der Waals surface area (Å²) in [6.45, 7) is 1.24. The number of benzene rings is 2. The summed E-state index contributed by atoms with van der Waals surface area (Å²) in [5, 5.41) is 11.2. The van der Waals surface area contributed by atoms with E-state index in [1.54, 1.807) is 13.3 Å². The van der Waals surface area contributed by atoms with E-state index < -0.39 is 6.23 Å². The maximum absolute atomic E-state index is 10.5. The van der Waals surface area contributed by atoms with E-state index in [2.05, 4.69) is 11.1 Å². The number of aromatic nitrogens is 1. The summed E-state index contributed by atoms with van der Waals surface area (Å²) < 4.78 is 5.20. The molecule has 0 bridgehead atoms. The van der Waals surface area contributed by atoms with Gasteiger partial charge in [-0.25, -0.2) is 0 Å². The number of aliphatic hydroxyl groups excluding tert-OH is 1. The van der Waals surface area contributed by atoms with Crippen molar-refractivity contribution in [2.45, 2.75) is 19.3 Å². The molecule has 0 fully saturated rings. The molecule has 0 amide bonds. The van der Waals surface area contributed by atoms with Gasteiger partial charge in [0.05, 0.1) is 12.8 Å². The fraction of sp³-hybridized carbons (Fsp3) is 0.190. The molecule has 0 saturated carbocycles. The number of hydrogen-bond donors (Lipinski definition) is 1. The molecule has 0 aliphatic carbocycles.